The Hall–Kier alpha value is 0.140. The van der Waals surface area contributed by atoms with Gasteiger partial charge in [0.25, 0.3) is 0 Å². The van der Waals surface area contributed by atoms with Gasteiger partial charge >= 0.3 is 0 Å². The molecule has 86 valence electrons. The first-order valence-electron chi connectivity index (χ1n) is 3.93. The van der Waals surface area contributed by atoms with Crippen LogP contribution in [0.15, 0.2) is 0 Å². The van der Waals surface area contributed by atoms with Crippen molar-refractivity contribution >= 4 is 22.2 Å². The minimum atomic E-state index is -1.82. The molecule has 8 heteroatoms. The Morgan fingerprint density at radius 1 is 0.786 bits per heavy atom. The summed E-state index contributed by atoms with van der Waals surface area (Å²) in [7, 11) is 0. The van der Waals surface area contributed by atoms with Gasteiger partial charge in [-0.15, -0.1) is 0 Å². The number of ether oxygens (including phenoxy) is 2. The summed E-state index contributed by atoms with van der Waals surface area (Å²) in [6, 6.07) is 0. The van der Waals surface area contributed by atoms with Gasteiger partial charge < -0.3 is 18.6 Å². The second-order valence-corrected chi connectivity index (χ2v) is 4.38. The molecule has 0 amide bonds. The highest BCUT2D eigenvalue weighted by molar-refractivity contribution is 7.79. The van der Waals surface area contributed by atoms with Crippen LogP contribution >= 0.6 is 0 Å². The fourth-order valence-electron chi connectivity index (χ4n) is 0.582. The van der Waals surface area contributed by atoms with E-state index in [1.165, 1.54) is 0 Å². The fraction of sp³-hybridized carbons (Fsp3) is 1.00. The largest absolute Gasteiger partial charge is 0.378 e. The van der Waals surface area contributed by atoms with E-state index in [1.807, 2.05) is 0 Å². The highest BCUT2D eigenvalue weighted by atomic mass is 32.2. The van der Waals surface area contributed by atoms with Crippen LogP contribution < -0.4 is 0 Å². The molecular formula is C6H14O6S2. The zero-order chi connectivity index (χ0) is 10.8. The van der Waals surface area contributed by atoms with E-state index < -0.39 is 22.2 Å². The maximum atomic E-state index is 10.1. The van der Waals surface area contributed by atoms with Crippen molar-refractivity contribution in [2.24, 2.45) is 0 Å². The second kappa shape index (κ2) is 9.69. The summed E-state index contributed by atoms with van der Waals surface area (Å²) in [4.78, 5) is 0. The molecule has 2 atom stereocenters. The Bertz CT molecular complexity index is 165. The molecule has 0 aromatic carbocycles. The van der Waals surface area contributed by atoms with Crippen LogP contribution in [0.25, 0.3) is 0 Å². The molecule has 0 bridgehead atoms. The van der Waals surface area contributed by atoms with E-state index in [-0.39, 0.29) is 24.7 Å². The van der Waals surface area contributed by atoms with E-state index in [2.05, 4.69) is 0 Å². The van der Waals surface area contributed by atoms with Crippen molar-refractivity contribution in [3.05, 3.63) is 0 Å². The molecule has 0 aromatic rings. The molecule has 0 heterocycles. The Morgan fingerprint density at radius 2 is 1.14 bits per heavy atom. The van der Waals surface area contributed by atoms with Crippen LogP contribution in [0.2, 0.25) is 0 Å². The molecular weight excluding hydrogens is 232 g/mol. The van der Waals surface area contributed by atoms with Crippen molar-refractivity contribution in [2.75, 3.05) is 37.9 Å². The summed E-state index contributed by atoms with van der Waals surface area (Å²) in [6.07, 6.45) is 0. The van der Waals surface area contributed by atoms with Crippen LogP contribution in [0.1, 0.15) is 0 Å². The van der Waals surface area contributed by atoms with E-state index in [0.29, 0.717) is 13.2 Å². The van der Waals surface area contributed by atoms with Gasteiger partial charge in [-0.3, -0.25) is 0 Å². The molecule has 0 aliphatic rings. The fourth-order valence-corrected chi connectivity index (χ4v) is 1.10. The molecule has 6 nitrogen and oxygen atoms in total. The van der Waals surface area contributed by atoms with Gasteiger partial charge in [0.05, 0.1) is 37.9 Å². The van der Waals surface area contributed by atoms with Gasteiger partial charge in [-0.1, -0.05) is 0 Å². The quantitative estimate of drug-likeness (QED) is 0.419. The monoisotopic (exact) mass is 246 g/mol. The topological polar surface area (TPSA) is 93.1 Å². The van der Waals surface area contributed by atoms with Crippen molar-refractivity contribution in [1.29, 1.82) is 0 Å². The molecule has 0 saturated heterocycles. The lowest BCUT2D eigenvalue weighted by molar-refractivity contribution is 0.0596. The Kier molecular flexibility index (Phi) is 9.78. The number of hydrogen-bond donors (Lipinski definition) is 2. The maximum absolute atomic E-state index is 10.1. The maximum Gasteiger partial charge on any atom is 0.155 e. The van der Waals surface area contributed by atoms with Crippen molar-refractivity contribution in [3.8, 4) is 0 Å². The van der Waals surface area contributed by atoms with Gasteiger partial charge in [-0.05, 0) is 0 Å². The van der Waals surface area contributed by atoms with Crippen LogP contribution in [-0.4, -0.2) is 55.5 Å². The van der Waals surface area contributed by atoms with E-state index in [9.17, 15) is 8.42 Å². The lowest BCUT2D eigenvalue weighted by Crippen LogP contribution is -2.12. The third-order valence-corrected chi connectivity index (χ3v) is 2.21. The van der Waals surface area contributed by atoms with Crippen molar-refractivity contribution in [2.45, 2.75) is 0 Å². The molecule has 0 fully saturated rings. The molecule has 0 saturated carbocycles. The third-order valence-electron chi connectivity index (χ3n) is 1.18. The van der Waals surface area contributed by atoms with E-state index >= 15 is 0 Å². The van der Waals surface area contributed by atoms with Crippen LogP contribution in [-0.2, 0) is 31.6 Å². The van der Waals surface area contributed by atoms with Crippen molar-refractivity contribution in [1.82, 2.24) is 0 Å². The lowest BCUT2D eigenvalue weighted by atomic mass is 10.7. The number of hydrogen-bond acceptors (Lipinski definition) is 4. The first-order valence-corrected chi connectivity index (χ1v) is 6.48. The summed E-state index contributed by atoms with van der Waals surface area (Å²) in [5.41, 5.74) is 0. The summed E-state index contributed by atoms with van der Waals surface area (Å²) in [5, 5.41) is 0. The molecule has 14 heavy (non-hydrogen) atoms. The van der Waals surface area contributed by atoms with E-state index in [0.717, 1.165) is 0 Å². The summed E-state index contributed by atoms with van der Waals surface area (Å²) in [6.45, 7) is 1.04. The highest BCUT2D eigenvalue weighted by Gasteiger charge is 1.95. The Morgan fingerprint density at radius 3 is 1.43 bits per heavy atom. The van der Waals surface area contributed by atoms with E-state index in [4.69, 9.17) is 18.6 Å². The minimum absolute atomic E-state index is 0.0840. The zero-order valence-electron chi connectivity index (χ0n) is 7.59. The zero-order valence-corrected chi connectivity index (χ0v) is 9.22. The normalized spacial score (nSPS) is 15.3. The molecule has 0 aromatic heterocycles. The predicted octanol–water partition coefficient (Wildman–Crippen LogP) is -0.537. The molecule has 0 rings (SSSR count). The molecule has 0 radical (unpaired) electrons. The average molecular weight is 246 g/mol. The van der Waals surface area contributed by atoms with Crippen molar-refractivity contribution < 1.29 is 27.0 Å². The Labute approximate surface area is 87.5 Å². The van der Waals surface area contributed by atoms with Gasteiger partial charge in [-0.2, -0.15) is 0 Å². The average Bonchev–Trinajstić information content (AvgIpc) is 2.08. The lowest BCUT2D eigenvalue weighted by Gasteiger charge is -2.03. The summed E-state index contributed by atoms with van der Waals surface area (Å²) < 4.78 is 46.9. The van der Waals surface area contributed by atoms with Crippen molar-refractivity contribution in [3.63, 3.8) is 0 Å². The first-order chi connectivity index (χ1) is 6.63. The Balaban J connectivity index is 2.99. The van der Waals surface area contributed by atoms with Crippen LogP contribution in [0.3, 0.4) is 0 Å². The van der Waals surface area contributed by atoms with Gasteiger partial charge in [0.2, 0.25) is 0 Å². The predicted molar refractivity (Wildman–Crippen MR) is 52.9 cm³/mol. The summed E-state index contributed by atoms with van der Waals surface area (Å²) in [5.74, 6) is 0.168. The smallest absolute Gasteiger partial charge is 0.155 e. The van der Waals surface area contributed by atoms with Gasteiger partial charge in [0, 0.05) is 0 Å². The molecule has 0 aliphatic carbocycles. The number of rotatable bonds is 9. The minimum Gasteiger partial charge on any atom is -0.378 e. The first kappa shape index (κ1) is 14.1. The SMILES string of the molecule is O=S(O)CCOCCOCCS(=O)O. The molecule has 2 N–H and O–H groups in total. The summed E-state index contributed by atoms with van der Waals surface area (Å²) >= 11 is -3.64. The third kappa shape index (κ3) is 12.1. The standard InChI is InChI=1S/C6H14O6S2/c7-13(8)5-3-11-1-2-12-4-6-14(9)10/h1-6H2,(H,7,8)(H,9,10). The van der Waals surface area contributed by atoms with Gasteiger partial charge in [-0.25, -0.2) is 8.42 Å². The highest BCUT2D eigenvalue weighted by Crippen LogP contribution is 1.82. The molecule has 2 unspecified atom stereocenters. The van der Waals surface area contributed by atoms with Crippen LogP contribution in [0.4, 0.5) is 0 Å². The van der Waals surface area contributed by atoms with Crippen LogP contribution in [0, 0.1) is 0 Å². The molecule has 0 aliphatic heterocycles. The van der Waals surface area contributed by atoms with Crippen LogP contribution in [0.5, 0.6) is 0 Å². The van der Waals surface area contributed by atoms with Gasteiger partial charge in [0.1, 0.15) is 0 Å². The van der Waals surface area contributed by atoms with E-state index in [1.54, 1.807) is 0 Å². The second-order valence-electron chi connectivity index (χ2n) is 2.28. The molecule has 0 spiro atoms. The van der Waals surface area contributed by atoms with Gasteiger partial charge in [0.15, 0.2) is 22.2 Å².